The molecule has 0 fully saturated rings. The molecule has 0 aliphatic carbocycles. The van der Waals surface area contributed by atoms with Gasteiger partial charge in [0.15, 0.2) is 0 Å². The molecule has 0 saturated heterocycles. The molecule has 130 valence electrons. The SMILES string of the molecule is Cc1ncccc1-c1cn(S(=O)(=O)c2ccccc2)c2cc(F)ccc12. The van der Waals surface area contributed by atoms with Crippen LogP contribution in [0.2, 0.25) is 0 Å². The van der Waals surface area contributed by atoms with Gasteiger partial charge in [0.1, 0.15) is 5.82 Å². The van der Waals surface area contributed by atoms with E-state index in [9.17, 15) is 12.8 Å². The molecule has 0 amide bonds. The fourth-order valence-corrected chi connectivity index (χ4v) is 4.44. The zero-order chi connectivity index (χ0) is 18.3. The number of hydrogen-bond donors (Lipinski definition) is 0. The van der Waals surface area contributed by atoms with Gasteiger partial charge in [0, 0.05) is 34.6 Å². The summed E-state index contributed by atoms with van der Waals surface area (Å²) in [5.74, 6) is -0.491. The molecule has 0 atom stereocenters. The molecular formula is C20H15FN2O2S. The number of hydrogen-bond acceptors (Lipinski definition) is 3. The molecule has 2 aromatic carbocycles. The molecule has 4 rings (SSSR count). The summed E-state index contributed by atoms with van der Waals surface area (Å²) in [5, 5.41) is 0.655. The smallest absolute Gasteiger partial charge is 0.261 e. The minimum absolute atomic E-state index is 0.149. The third kappa shape index (κ3) is 2.59. The molecular weight excluding hydrogens is 351 g/mol. The number of fused-ring (bicyclic) bond motifs is 1. The van der Waals surface area contributed by atoms with E-state index < -0.39 is 15.8 Å². The Morgan fingerprint density at radius 3 is 2.46 bits per heavy atom. The molecule has 4 nitrogen and oxygen atoms in total. The van der Waals surface area contributed by atoms with Crippen LogP contribution in [0.4, 0.5) is 4.39 Å². The lowest BCUT2D eigenvalue weighted by atomic mass is 10.0. The average molecular weight is 366 g/mol. The lowest BCUT2D eigenvalue weighted by Crippen LogP contribution is -2.11. The fourth-order valence-electron chi connectivity index (χ4n) is 3.06. The van der Waals surface area contributed by atoms with Crippen LogP contribution in [0.1, 0.15) is 5.69 Å². The molecule has 26 heavy (non-hydrogen) atoms. The van der Waals surface area contributed by atoms with Gasteiger partial charge in [-0.05, 0) is 43.3 Å². The van der Waals surface area contributed by atoms with E-state index in [2.05, 4.69) is 4.98 Å². The Kier molecular flexibility index (Phi) is 3.85. The van der Waals surface area contributed by atoms with E-state index in [0.717, 1.165) is 15.2 Å². The van der Waals surface area contributed by atoms with Gasteiger partial charge in [0.25, 0.3) is 10.0 Å². The van der Waals surface area contributed by atoms with Crippen LogP contribution in [-0.2, 0) is 10.0 Å². The number of nitrogens with zero attached hydrogens (tertiary/aromatic N) is 2. The second kappa shape index (κ2) is 6.07. The van der Waals surface area contributed by atoms with Crippen molar-refractivity contribution in [3.8, 4) is 11.1 Å². The molecule has 0 unspecified atom stereocenters. The number of aryl methyl sites for hydroxylation is 1. The van der Waals surface area contributed by atoms with E-state index in [-0.39, 0.29) is 4.90 Å². The molecule has 0 spiro atoms. The number of rotatable bonds is 3. The standard InChI is InChI=1S/C20H15FN2O2S/c1-14-17(8-5-11-22-14)19-13-23(20-12-15(21)9-10-18(19)20)26(24,25)16-6-3-2-4-7-16/h2-13H,1H3. The fraction of sp³-hybridized carbons (Fsp3) is 0.0500. The predicted molar refractivity (Wildman–Crippen MR) is 98.9 cm³/mol. The van der Waals surface area contributed by atoms with Crippen molar-refractivity contribution in [2.45, 2.75) is 11.8 Å². The Morgan fingerprint density at radius 2 is 1.73 bits per heavy atom. The monoisotopic (exact) mass is 366 g/mol. The quantitative estimate of drug-likeness (QED) is 0.540. The Balaban J connectivity index is 2.06. The third-order valence-electron chi connectivity index (χ3n) is 4.33. The molecule has 0 bridgehead atoms. The van der Waals surface area contributed by atoms with Crippen molar-refractivity contribution in [2.24, 2.45) is 0 Å². The van der Waals surface area contributed by atoms with E-state index in [1.165, 1.54) is 30.5 Å². The normalized spacial score (nSPS) is 11.8. The van der Waals surface area contributed by atoms with Crippen molar-refractivity contribution in [3.05, 3.63) is 84.6 Å². The van der Waals surface area contributed by atoms with Crippen LogP contribution in [0.3, 0.4) is 0 Å². The summed E-state index contributed by atoms with van der Waals surface area (Å²) in [7, 11) is -3.85. The molecule has 0 aliphatic heterocycles. The first-order chi connectivity index (χ1) is 12.5. The van der Waals surface area contributed by atoms with Crippen LogP contribution in [-0.4, -0.2) is 17.4 Å². The highest BCUT2D eigenvalue weighted by Crippen LogP contribution is 2.34. The minimum Gasteiger partial charge on any atom is -0.261 e. The zero-order valence-corrected chi connectivity index (χ0v) is 14.7. The first kappa shape index (κ1) is 16.5. The summed E-state index contributed by atoms with van der Waals surface area (Å²) >= 11 is 0. The molecule has 0 radical (unpaired) electrons. The van der Waals surface area contributed by atoms with Gasteiger partial charge in [-0.25, -0.2) is 16.8 Å². The van der Waals surface area contributed by atoms with E-state index in [4.69, 9.17) is 0 Å². The van der Waals surface area contributed by atoms with Crippen LogP contribution >= 0.6 is 0 Å². The van der Waals surface area contributed by atoms with Crippen molar-refractivity contribution in [1.82, 2.24) is 8.96 Å². The molecule has 0 N–H and O–H groups in total. The predicted octanol–water partition coefficient (Wildman–Crippen LogP) is 4.39. The molecule has 4 aromatic rings. The maximum absolute atomic E-state index is 13.9. The highest BCUT2D eigenvalue weighted by atomic mass is 32.2. The maximum atomic E-state index is 13.9. The second-order valence-electron chi connectivity index (χ2n) is 5.95. The van der Waals surface area contributed by atoms with Crippen LogP contribution in [0.5, 0.6) is 0 Å². The summed E-state index contributed by atoms with van der Waals surface area (Å²) in [6.07, 6.45) is 3.22. The average Bonchev–Trinajstić information content (AvgIpc) is 3.02. The van der Waals surface area contributed by atoms with Gasteiger partial charge < -0.3 is 0 Å². The van der Waals surface area contributed by atoms with E-state index >= 15 is 0 Å². The van der Waals surface area contributed by atoms with Crippen molar-refractivity contribution in [1.29, 1.82) is 0 Å². The van der Waals surface area contributed by atoms with Gasteiger partial charge in [-0.1, -0.05) is 24.3 Å². The van der Waals surface area contributed by atoms with Gasteiger partial charge in [-0.3, -0.25) is 4.98 Å². The van der Waals surface area contributed by atoms with Crippen molar-refractivity contribution < 1.29 is 12.8 Å². The number of aromatic nitrogens is 2. The first-order valence-corrected chi connectivity index (χ1v) is 9.46. The van der Waals surface area contributed by atoms with Crippen LogP contribution in [0.25, 0.3) is 22.0 Å². The zero-order valence-electron chi connectivity index (χ0n) is 13.9. The van der Waals surface area contributed by atoms with Crippen molar-refractivity contribution >= 4 is 20.9 Å². The van der Waals surface area contributed by atoms with Crippen LogP contribution in [0, 0.1) is 12.7 Å². The van der Waals surface area contributed by atoms with Gasteiger partial charge in [-0.2, -0.15) is 0 Å². The van der Waals surface area contributed by atoms with Crippen molar-refractivity contribution in [3.63, 3.8) is 0 Å². The summed E-state index contributed by atoms with van der Waals surface area (Å²) in [6, 6.07) is 15.9. The summed E-state index contributed by atoms with van der Waals surface area (Å²) < 4.78 is 41.2. The second-order valence-corrected chi connectivity index (χ2v) is 7.77. The Labute approximate surface area is 150 Å². The Bertz CT molecular complexity index is 1220. The van der Waals surface area contributed by atoms with Gasteiger partial charge in [0.05, 0.1) is 10.4 Å². The van der Waals surface area contributed by atoms with E-state index in [0.29, 0.717) is 16.5 Å². The molecule has 2 heterocycles. The lowest BCUT2D eigenvalue weighted by Gasteiger charge is -2.07. The van der Waals surface area contributed by atoms with Crippen LogP contribution < -0.4 is 0 Å². The van der Waals surface area contributed by atoms with Gasteiger partial charge >= 0.3 is 0 Å². The Hall–Kier alpha value is -2.99. The summed E-state index contributed by atoms with van der Waals surface area (Å²) in [5.41, 5.74) is 2.58. The van der Waals surface area contributed by atoms with Crippen LogP contribution in [0.15, 0.2) is 78.0 Å². The largest absolute Gasteiger partial charge is 0.268 e. The first-order valence-electron chi connectivity index (χ1n) is 8.02. The van der Waals surface area contributed by atoms with Gasteiger partial charge in [0.2, 0.25) is 0 Å². The van der Waals surface area contributed by atoms with E-state index in [1.807, 2.05) is 13.0 Å². The number of benzene rings is 2. The van der Waals surface area contributed by atoms with Gasteiger partial charge in [-0.15, -0.1) is 0 Å². The number of pyridine rings is 1. The topological polar surface area (TPSA) is 52.0 Å². The third-order valence-corrected chi connectivity index (χ3v) is 6.02. The highest BCUT2D eigenvalue weighted by molar-refractivity contribution is 7.90. The molecule has 6 heteroatoms. The maximum Gasteiger partial charge on any atom is 0.268 e. The molecule has 0 saturated carbocycles. The number of halogens is 1. The highest BCUT2D eigenvalue weighted by Gasteiger charge is 2.22. The Morgan fingerprint density at radius 1 is 0.962 bits per heavy atom. The van der Waals surface area contributed by atoms with E-state index in [1.54, 1.807) is 36.5 Å². The lowest BCUT2D eigenvalue weighted by molar-refractivity contribution is 0.589. The summed E-state index contributed by atoms with van der Waals surface area (Å²) in [4.78, 5) is 4.43. The minimum atomic E-state index is -3.85. The molecule has 0 aliphatic rings. The molecule has 2 aromatic heterocycles. The summed E-state index contributed by atoms with van der Waals surface area (Å²) in [6.45, 7) is 1.85. The van der Waals surface area contributed by atoms with Crippen molar-refractivity contribution in [2.75, 3.05) is 0 Å².